The predicted molar refractivity (Wildman–Crippen MR) is 61.1 cm³/mol. The standard InChI is InChI=1S/C12H14OS/c1-7-9(3)14-12-5-4-10(8(2)13)6-11(7)12/h4-6,11-12H,1-3H3. The first kappa shape index (κ1) is 9.78. The van der Waals surface area contributed by atoms with Crippen molar-refractivity contribution >= 4 is 17.5 Å². The molecule has 0 amide bonds. The molecule has 0 radical (unpaired) electrons. The van der Waals surface area contributed by atoms with Crippen molar-refractivity contribution in [1.29, 1.82) is 0 Å². The van der Waals surface area contributed by atoms with Crippen molar-refractivity contribution in [2.24, 2.45) is 5.92 Å². The molecule has 0 aromatic heterocycles. The Balaban J connectivity index is 2.33. The maximum Gasteiger partial charge on any atom is 0.159 e. The first-order valence-electron chi connectivity index (χ1n) is 4.84. The molecule has 2 unspecified atom stereocenters. The number of Topliss-reactive ketones (excluding diaryl/α,β-unsaturated/α-hetero) is 1. The lowest BCUT2D eigenvalue weighted by Gasteiger charge is -2.18. The maximum atomic E-state index is 11.2. The van der Waals surface area contributed by atoms with Crippen LogP contribution >= 0.6 is 11.8 Å². The summed E-state index contributed by atoms with van der Waals surface area (Å²) >= 11 is 1.91. The van der Waals surface area contributed by atoms with Crippen molar-refractivity contribution in [2.45, 2.75) is 26.0 Å². The van der Waals surface area contributed by atoms with E-state index >= 15 is 0 Å². The Kier molecular flexibility index (Phi) is 2.40. The van der Waals surface area contributed by atoms with Crippen LogP contribution in [-0.2, 0) is 4.79 Å². The average Bonchev–Trinajstić information content (AvgIpc) is 2.43. The molecule has 0 aromatic carbocycles. The zero-order valence-electron chi connectivity index (χ0n) is 8.70. The van der Waals surface area contributed by atoms with Gasteiger partial charge in [0, 0.05) is 16.7 Å². The second-order valence-electron chi connectivity index (χ2n) is 3.88. The normalized spacial score (nSPS) is 30.4. The molecular formula is C12H14OS. The highest BCUT2D eigenvalue weighted by molar-refractivity contribution is 8.04. The van der Waals surface area contributed by atoms with Gasteiger partial charge < -0.3 is 0 Å². The minimum atomic E-state index is 0.169. The van der Waals surface area contributed by atoms with Crippen LogP contribution in [0.15, 0.2) is 34.3 Å². The third-order valence-corrected chi connectivity index (χ3v) is 4.35. The monoisotopic (exact) mass is 206 g/mol. The van der Waals surface area contributed by atoms with E-state index in [0.29, 0.717) is 11.2 Å². The summed E-state index contributed by atoms with van der Waals surface area (Å²) in [7, 11) is 0. The first-order chi connectivity index (χ1) is 6.59. The summed E-state index contributed by atoms with van der Waals surface area (Å²) in [5, 5.41) is 0.526. The van der Waals surface area contributed by atoms with E-state index in [-0.39, 0.29) is 5.78 Å². The minimum absolute atomic E-state index is 0.169. The largest absolute Gasteiger partial charge is 0.295 e. The molecule has 1 nitrogen and oxygen atoms in total. The molecule has 74 valence electrons. The topological polar surface area (TPSA) is 17.1 Å². The second-order valence-corrected chi connectivity index (χ2v) is 5.28. The van der Waals surface area contributed by atoms with Gasteiger partial charge in [0.05, 0.1) is 0 Å². The lowest BCUT2D eigenvalue weighted by Crippen LogP contribution is -2.14. The molecule has 0 saturated heterocycles. The van der Waals surface area contributed by atoms with Crippen molar-refractivity contribution < 1.29 is 4.79 Å². The highest BCUT2D eigenvalue weighted by Crippen LogP contribution is 2.45. The van der Waals surface area contributed by atoms with Crippen molar-refractivity contribution in [3.63, 3.8) is 0 Å². The van der Waals surface area contributed by atoms with Crippen LogP contribution < -0.4 is 0 Å². The van der Waals surface area contributed by atoms with E-state index < -0.39 is 0 Å². The highest BCUT2D eigenvalue weighted by atomic mass is 32.2. The molecule has 0 fully saturated rings. The van der Waals surface area contributed by atoms with E-state index in [1.165, 1.54) is 10.5 Å². The lowest BCUT2D eigenvalue weighted by atomic mass is 9.89. The molecule has 0 spiro atoms. The van der Waals surface area contributed by atoms with Crippen molar-refractivity contribution in [3.8, 4) is 0 Å². The fourth-order valence-corrected chi connectivity index (χ4v) is 3.23. The molecule has 1 aliphatic heterocycles. The molecule has 0 N–H and O–H groups in total. The second kappa shape index (κ2) is 3.43. The van der Waals surface area contributed by atoms with E-state index in [0.717, 1.165) is 5.57 Å². The van der Waals surface area contributed by atoms with Gasteiger partial charge in [0.2, 0.25) is 0 Å². The van der Waals surface area contributed by atoms with Crippen LogP contribution in [0.1, 0.15) is 20.8 Å². The number of carbonyl (C=O) groups excluding carboxylic acids is 1. The zero-order valence-corrected chi connectivity index (χ0v) is 9.52. The van der Waals surface area contributed by atoms with Crippen LogP contribution in [0.3, 0.4) is 0 Å². The van der Waals surface area contributed by atoms with Crippen LogP contribution in [0.2, 0.25) is 0 Å². The number of carbonyl (C=O) groups is 1. The molecule has 0 aromatic rings. The van der Waals surface area contributed by atoms with E-state index in [1.807, 2.05) is 17.8 Å². The highest BCUT2D eigenvalue weighted by Gasteiger charge is 2.30. The summed E-state index contributed by atoms with van der Waals surface area (Å²) in [6, 6.07) is 0. The number of hydrogen-bond acceptors (Lipinski definition) is 2. The van der Waals surface area contributed by atoms with Crippen LogP contribution in [0, 0.1) is 5.92 Å². The Labute approximate surface area is 89.0 Å². The van der Waals surface area contributed by atoms with Gasteiger partial charge in [0.1, 0.15) is 0 Å². The molecule has 1 heterocycles. The van der Waals surface area contributed by atoms with Gasteiger partial charge >= 0.3 is 0 Å². The first-order valence-corrected chi connectivity index (χ1v) is 5.72. The van der Waals surface area contributed by atoms with Gasteiger partial charge in [-0.15, -0.1) is 11.8 Å². The number of hydrogen-bond donors (Lipinski definition) is 0. The van der Waals surface area contributed by atoms with E-state index in [9.17, 15) is 4.79 Å². The van der Waals surface area contributed by atoms with Crippen molar-refractivity contribution in [3.05, 3.63) is 34.3 Å². The van der Waals surface area contributed by atoms with Gasteiger partial charge in [-0.3, -0.25) is 4.79 Å². The van der Waals surface area contributed by atoms with Gasteiger partial charge in [-0.2, -0.15) is 0 Å². The number of rotatable bonds is 1. The van der Waals surface area contributed by atoms with Gasteiger partial charge in [0.15, 0.2) is 5.78 Å². The maximum absolute atomic E-state index is 11.2. The summed E-state index contributed by atoms with van der Waals surface area (Å²) < 4.78 is 0. The van der Waals surface area contributed by atoms with Crippen LogP contribution in [0.4, 0.5) is 0 Å². The average molecular weight is 206 g/mol. The molecule has 1 aliphatic carbocycles. The summed E-state index contributed by atoms with van der Waals surface area (Å²) in [5.74, 6) is 0.617. The fraction of sp³-hybridized carbons (Fsp3) is 0.417. The molecule has 14 heavy (non-hydrogen) atoms. The molecule has 2 heteroatoms. The summed E-state index contributed by atoms with van der Waals surface area (Å²) in [5.41, 5.74) is 2.28. The smallest absolute Gasteiger partial charge is 0.159 e. The Morgan fingerprint density at radius 3 is 2.79 bits per heavy atom. The van der Waals surface area contributed by atoms with Gasteiger partial charge in [-0.1, -0.05) is 23.8 Å². The Morgan fingerprint density at radius 1 is 1.43 bits per heavy atom. The number of fused-ring (bicyclic) bond motifs is 1. The summed E-state index contributed by atoms with van der Waals surface area (Å²) in [4.78, 5) is 12.6. The zero-order chi connectivity index (χ0) is 10.3. The van der Waals surface area contributed by atoms with Crippen LogP contribution in [0.5, 0.6) is 0 Å². The Hall–Kier alpha value is -0.760. The van der Waals surface area contributed by atoms with Crippen LogP contribution in [-0.4, -0.2) is 11.0 Å². The molecule has 2 atom stereocenters. The number of thioether (sulfide) groups is 1. The SMILES string of the molecule is CC(=O)C1=CC2C(C)=C(C)SC2C=C1. The summed E-state index contributed by atoms with van der Waals surface area (Å²) in [6.07, 6.45) is 6.24. The molecule has 2 aliphatic rings. The third-order valence-electron chi connectivity index (χ3n) is 2.95. The van der Waals surface area contributed by atoms with Gasteiger partial charge in [-0.25, -0.2) is 0 Å². The van der Waals surface area contributed by atoms with Gasteiger partial charge in [-0.05, 0) is 25.7 Å². The molecule has 2 rings (SSSR count). The number of ketones is 1. The molecule has 0 bridgehead atoms. The number of allylic oxidation sites excluding steroid dienone is 5. The van der Waals surface area contributed by atoms with E-state index in [1.54, 1.807) is 6.92 Å². The molecule has 0 saturated carbocycles. The Bertz CT molecular complexity index is 374. The molecular weight excluding hydrogens is 192 g/mol. The minimum Gasteiger partial charge on any atom is -0.295 e. The quantitative estimate of drug-likeness (QED) is 0.655. The lowest BCUT2D eigenvalue weighted by molar-refractivity contribution is -0.113. The predicted octanol–water partition coefficient (Wildman–Crippen LogP) is 3.10. The van der Waals surface area contributed by atoms with Crippen molar-refractivity contribution in [2.75, 3.05) is 0 Å². The van der Waals surface area contributed by atoms with E-state index in [4.69, 9.17) is 0 Å². The van der Waals surface area contributed by atoms with Gasteiger partial charge in [0.25, 0.3) is 0 Å². The van der Waals surface area contributed by atoms with E-state index in [2.05, 4.69) is 26.0 Å². The summed E-state index contributed by atoms with van der Waals surface area (Å²) in [6.45, 7) is 5.96. The fourth-order valence-electron chi connectivity index (χ4n) is 1.91. The Morgan fingerprint density at radius 2 is 2.14 bits per heavy atom. The third kappa shape index (κ3) is 1.48. The van der Waals surface area contributed by atoms with Crippen molar-refractivity contribution in [1.82, 2.24) is 0 Å². The van der Waals surface area contributed by atoms with Crippen LogP contribution in [0.25, 0.3) is 0 Å².